The quantitative estimate of drug-likeness (QED) is 0.901. The molecule has 0 bridgehead atoms. The molecule has 3 N–H and O–H groups in total. The van der Waals surface area contributed by atoms with Gasteiger partial charge < -0.3 is 15.6 Å². The van der Waals surface area contributed by atoms with E-state index in [1.54, 1.807) is 0 Å². The van der Waals surface area contributed by atoms with Gasteiger partial charge in [0.1, 0.15) is 4.47 Å². The van der Waals surface area contributed by atoms with Crippen molar-refractivity contribution in [3.63, 3.8) is 0 Å². The number of halogens is 1. The number of H-pyrrole nitrogens is 1. The molecule has 1 aliphatic rings. The van der Waals surface area contributed by atoms with Crippen LogP contribution >= 0.6 is 15.9 Å². The van der Waals surface area contributed by atoms with Gasteiger partial charge in [0, 0.05) is 18.2 Å². The third-order valence-corrected chi connectivity index (χ3v) is 4.33. The van der Waals surface area contributed by atoms with Gasteiger partial charge in [0.15, 0.2) is 5.82 Å². The fourth-order valence-corrected chi connectivity index (χ4v) is 3.14. The van der Waals surface area contributed by atoms with Crippen molar-refractivity contribution in [2.24, 2.45) is 5.73 Å². The second kappa shape index (κ2) is 5.38. The number of nitrogens with zero attached hydrogens (tertiary/aromatic N) is 2. The van der Waals surface area contributed by atoms with Crippen LogP contribution in [0.5, 0.6) is 0 Å². The first-order valence-electron chi connectivity index (χ1n) is 6.52. The number of fused-ring (bicyclic) bond motifs is 1. The van der Waals surface area contributed by atoms with Crippen LogP contribution in [0.1, 0.15) is 17.9 Å². The third kappa shape index (κ3) is 2.14. The maximum absolute atomic E-state index is 11.7. The summed E-state index contributed by atoms with van der Waals surface area (Å²) in [6.07, 6.45) is 2.36. The van der Waals surface area contributed by atoms with Crippen molar-refractivity contribution in [1.29, 1.82) is 0 Å². The summed E-state index contributed by atoms with van der Waals surface area (Å²) in [5.74, 6) is 1.03. The molecule has 0 aliphatic carbocycles. The highest BCUT2D eigenvalue weighted by molar-refractivity contribution is 9.10. The summed E-state index contributed by atoms with van der Waals surface area (Å²) in [7, 11) is 0. The fraction of sp³-hybridized carbons (Fsp3) is 0.286. The fourth-order valence-electron chi connectivity index (χ4n) is 2.71. The Hall–Kier alpha value is -1.66. The molecule has 20 heavy (non-hydrogen) atoms. The third-order valence-electron chi connectivity index (χ3n) is 3.62. The molecule has 1 atom stereocenters. The predicted molar refractivity (Wildman–Crippen MR) is 82.4 cm³/mol. The molecule has 1 aromatic heterocycles. The number of nitrogens with one attached hydrogen (secondary N) is 1. The van der Waals surface area contributed by atoms with Crippen molar-refractivity contribution in [3.8, 4) is 0 Å². The molecule has 3 rings (SSSR count). The van der Waals surface area contributed by atoms with Crippen LogP contribution in [0.3, 0.4) is 0 Å². The number of hydrogen-bond donors (Lipinski definition) is 2. The molecule has 0 saturated carbocycles. The van der Waals surface area contributed by atoms with Crippen molar-refractivity contribution < 1.29 is 0 Å². The zero-order chi connectivity index (χ0) is 14.1. The summed E-state index contributed by atoms with van der Waals surface area (Å²) in [5, 5.41) is 0. The van der Waals surface area contributed by atoms with Gasteiger partial charge in [-0.25, -0.2) is 4.98 Å². The van der Waals surface area contributed by atoms with Crippen LogP contribution in [0.25, 0.3) is 0 Å². The first-order chi connectivity index (χ1) is 9.72. The highest BCUT2D eigenvalue weighted by Gasteiger charge is 2.30. The second-order valence-corrected chi connectivity index (χ2v) is 5.61. The van der Waals surface area contributed by atoms with Gasteiger partial charge in [-0.2, -0.15) is 0 Å². The Morgan fingerprint density at radius 1 is 1.45 bits per heavy atom. The molecule has 6 heteroatoms. The lowest BCUT2D eigenvalue weighted by Crippen LogP contribution is -2.21. The number of rotatable bonds is 3. The minimum Gasteiger partial charge on any atom is -0.330 e. The molecule has 0 spiro atoms. The average molecular weight is 335 g/mol. The Morgan fingerprint density at radius 3 is 3.05 bits per heavy atom. The topological polar surface area (TPSA) is 75.0 Å². The highest BCUT2D eigenvalue weighted by atomic mass is 79.9. The van der Waals surface area contributed by atoms with Gasteiger partial charge in [0.25, 0.3) is 5.56 Å². The summed E-state index contributed by atoms with van der Waals surface area (Å²) in [4.78, 5) is 20.7. The van der Waals surface area contributed by atoms with Gasteiger partial charge in [-0.3, -0.25) is 4.79 Å². The Labute approximate surface area is 125 Å². The smallest absolute Gasteiger partial charge is 0.267 e. The number of aromatic amines is 1. The van der Waals surface area contributed by atoms with E-state index in [0.717, 1.165) is 18.7 Å². The monoisotopic (exact) mass is 334 g/mol. The van der Waals surface area contributed by atoms with Crippen molar-refractivity contribution in [1.82, 2.24) is 9.97 Å². The minimum absolute atomic E-state index is 0.172. The number of benzene rings is 1. The van der Waals surface area contributed by atoms with E-state index < -0.39 is 0 Å². The maximum Gasteiger partial charge on any atom is 0.267 e. The van der Waals surface area contributed by atoms with E-state index in [2.05, 4.69) is 42.9 Å². The molecule has 0 saturated heterocycles. The number of para-hydroxylation sites is 1. The highest BCUT2D eigenvalue weighted by Crippen LogP contribution is 2.42. The molecular formula is C14H15BrN4O. The molecule has 1 unspecified atom stereocenters. The molecule has 2 aromatic rings. The van der Waals surface area contributed by atoms with Gasteiger partial charge in [-0.1, -0.05) is 18.2 Å². The SMILES string of the molecule is NCCC1CN(c2nc[nH]c(=O)c2Br)c2ccccc21. The van der Waals surface area contributed by atoms with Crippen LogP contribution in [0.15, 0.2) is 39.9 Å². The van der Waals surface area contributed by atoms with E-state index >= 15 is 0 Å². The molecule has 5 nitrogen and oxygen atoms in total. The number of hydrogen-bond acceptors (Lipinski definition) is 4. The normalized spacial score (nSPS) is 17.3. The molecule has 0 fully saturated rings. The first-order valence-corrected chi connectivity index (χ1v) is 7.31. The zero-order valence-corrected chi connectivity index (χ0v) is 12.4. The molecule has 1 aliphatic heterocycles. The van der Waals surface area contributed by atoms with Crippen LogP contribution in [0.4, 0.5) is 11.5 Å². The van der Waals surface area contributed by atoms with Gasteiger partial charge in [0.2, 0.25) is 0 Å². The summed E-state index contributed by atoms with van der Waals surface area (Å²) >= 11 is 3.33. The lowest BCUT2D eigenvalue weighted by Gasteiger charge is -2.19. The van der Waals surface area contributed by atoms with Crippen LogP contribution in [0, 0.1) is 0 Å². The Morgan fingerprint density at radius 2 is 2.25 bits per heavy atom. The van der Waals surface area contributed by atoms with E-state index in [0.29, 0.717) is 22.8 Å². The van der Waals surface area contributed by atoms with Crippen LogP contribution in [-0.4, -0.2) is 23.1 Å². The largest absolute Gasteiger partial charge is 0.330 e. The number of aromatic nitrogens is 2. The lowest BCUT2D eigenvalue weighted by molar-refractivity contribution is 0.666. The Kier molecular flexibility index (Phi) is 3.58. The standard InChI is InChI=1S/C14H15BrN4O/c15-12-13(17-8-18-14(12)20)19-7-9(5-6-16)10-3-1-2-4-11(10)19/h1-4,8-9H,5-7,16H2,(H,17,18,20). The molecule has 0 radical (unpaired) electrons. The van der Waals surface area contributed by atoms with E-state index in [4.69, 9.17) is 5.73 Å². The Bertz CT molecular complexity index is 685. The number of nitrogens with two attached hydrogens (primary N) is 1. The lowest BCUT2D eigenvalue weighted by atomic mass is 9.98. The minimum atomic E-state index is -0.172. The summed E-state index contributed by atoms with van der Waals surface area (Å²) < 4.78 is 0.461. The summed E-state index contributed by atoms with van der Waals surface area (Å²) in [6.45, 7) is 1.45. The molecule has 104 valence electrons. The van der Waals surface area contributed by atoms with E-state index in [9.17, 15) is 4.79 Å². The van der Waals surface area contributed by atoms with Crippen molar-refractivity contribution >= 4 is 27.4 Å². The molecule has 0 amide bonds. The summed E-state index contributed by atoms with van der Waals surface area (Å²) in [6, 6.07) is 8.21. The second-order valence-electron chi connectivity index (χ2n) is 4.81. The van der Waals surface area contributed by atoms with Crippen molar-refractivity contribution in [3.05, 3.63) is 51.0 Å². The van der Waals surface area contributed by atoms with E-state index in [1.807, 2.05) is 12.1 Å². The molecular weight excluding hydrogens is 320 g/mol. The Balaban J connectivity index is 2.08. The molecule has 2 heterocycles. The van der Waals surface area contributed by atoms with Crippen LogP contribution < -0.4 is 16.2 Å². The van der Waals surface area contributed by atoms with Crippen molar-refractivity contribution in [2.45, 2.75) is 12.3 Å². The van der Waals surface area contributed by atoms with Crippen molar-refractivity contribution in [2.75, 3.05) is 18.0 Å². The van der Waals surface area contributed by atoms with E-state index in [1.165, 1.54) is 11.9 Å². The van der Waals surface area contributed by atoms with Gasteiger partial charge in [-0.15, -0.1) is 0 Å². The van der Waals surface area contributed by atoms with Gasteiger partial charge in [-0.05, 0) is 40.5 Å². The summed E-state index contributed by atoms with van der Waals surface area (Å²) in [5.41, 5.74) is 7.91. The van der Waals surface area contributed by atoms with Crippen LogP contribution in [0.2, 0.25) is 0 Å². The molecule has 1 aromatic carbocycles. The predicted octanol–water partition coefficient (Wildman–Crippen LogP) is 2.12. The zero-order valence-electron chi connectivity index (χ0n) is 10.8. The maximum atomic E-state index is 11.7. The van der Waals surface area contributed by atoms with E-state index in [-0.39, 0.29) is 5.56 Å². The van der Waals surface area contributed by atoms with Gasteiger partial charge in [0.05, 0.1) is 6.33 Å². The van der Waals surface area contributed by atoms with Crippen LogP contribution in [-0.2, 0) is 0 Å². The van der Waals surface area contributed by atoms with Gasteiger partial charge >= 0.3 is 0 Å². The average Bonchev–Trinajstić information content (AvgIpc) is 2.82. The number of anilines is 2. The first kappa shape index (κ1) is 13.3.